The number of anilines is 2. The number of benzene rings is 1. The average Bonchev–Trinajstić information content (AvgIpc) is 2.78. The Kier molecular flexibility index (Phi) is 3.52. The van der Waals surface area contributed by atoms with Gasteiger partial charge in [-0.1, -0.05) is 12.8 Å². The van der Waals surface area contributed by atoms with E-state index in [1.807, 2.05) is 0 Å². The summed E-state index contributed by atoms with van der Waals surface area (Å²) in [5.74, 6) is 0.531. The number of nitrogen functional groups attached to an aromatic ring is 2. The molecule has 1 aliphatic rings. The van der Waals surface area contributed by atoms with E-state index in [1.54, 1.807) is 18.2 Å². The molecular formula is C13H19N3O. The molecule has 92 valence electrons. The van der Waals surface area contributed by atoms with Crippen molar-refractivity contribution in [3.63, 3.8) is 0 Å². The van der Waals surface area contributed by atoms with E-state index < -0.39 is 0 Å². The van der Waals surface area contributed by atoms with Crippen LogP contribution in [0.25, 0.3) is 0 Å². The highest BCUT2D eigenvalue weighted by molar-refractivity contribution is 5.99. The zero-order chi connectivity index (χ0) is 12.3. The standard InChI is InChI=1S/C13H19N3O/c14-10-5-6-11(12(15)7-10)13(17)16-8-9-3-1-2-4-9/h5-7,9H,1-4,8,14-15H2,(H,16,17). The first-order chi connectivity index (χ1) is 8.16. The van der Waals surface area contributed by atoms with Gasteiger partial charge in [0.2, 0.25) is 0 Å². The Morgan fingerprint density at radius 2 is 2.00 bits per heavy atom. The van der Waals surface area contributed by atoms with Gasteiger partial charge >= 0.3 is 0 Å². The molecule has 17 heavy (non-hydrogen) atoms. The van der Waals surface area contributed by atoms with E-state index in [2.05, 4.69) is 5.32 Å². The minimum absolute atomic E-state index is 0.102. The quantitative estimate of drug-likeness (QED) is 0.696. The summed E-state index contributed by atoms with van der Waals surface area (Å²) < 4.78 is 0. The van der Waals surface area contributed by atoms with Crippen molar-refractivity contribution < 1.29 is 4.79 Å². The lowest BCUT2D eigenvalue weighted by molar-refractivity contribution is 0.0948. The Hall–Kier alpha value is -1.71. The monoisotopic (exact) mass is 233 g/mol. The normalized spacial score (nSPS) is 16.0. The zero-order valence-corrected chi connectivity index (χ0v) is 9.91. The van der Waals surface area contributed by atoms with Crippen molar-refractivity contribution in [2.75, 3.05) is 18.0 Å². The van der Waals surface area contributed by atoms with E-state index in [0.29, 0.717) is 22.9 Å². The third-order valence-corrected chi connectivity index (χ3v) is 3.35. The van der Waals surface area contributed by atoms with Crippen molar-refractivity contribution in [3.8, 4) is 0 Å². The molecule has 0 spiro atoms. The molecule has 0 bridgehead atoms. The first-order valence-electron chi connectivity index (χ1n) is 6.10. The van der Waals surface area contributed by atoms with Crippen LogP contribution in [-0.4, -0.2) is 12.5 Å². The minimum Gasteiger partial charge on any atom is -0.399 e. The second kappa shape index (κ2) is 5.08. The second-order valence-electron chi connectivity index (χ2n) is 4.71. The molecule has 2 rings (SSSR count). The van der Waals surface area contributed by atoms with Gasteiger partial charge in [0.05, 0.1) is 5.56 Å². The fourth-order valence-electron chi connectivity index (χ4n) is 2.33. The summed E-state index contributed by atoms with van der Waals surface area (Å²) in [7, 11) is 0. The maximum atomic E-state index is 11.9. The Labute approximate surface area is 101 Å². The van der Waals surface area contributed by atoms with Crippen molar-refractivity contribution >= 4 is 17.3 Å². The topological polar surface area (TPSA) is 81.1 Å². The Bertz CT molecular complexity index is 411. The molecule has 0 unspecified atom stereocenters. The van der Waals surface area contributed by atoms with Crippen molar-refractivity contribution in [3.05, 3.63) is 23.8 Å². The van der Waals surface area contributed by atoms with E-state index in [-0.39, 0.29) is 5.91 Å². The smallest absolute Gasteiger partial charge is 0.253 e. The molecule has 4 heteroatoms. The molecule has 0 aromatic heterocycles. The summed E-state index contributed by atoms with van der Waals surface area (Å²) in [5.41, 5.74) is 12.9. The van der Waals surface area contributed by atoms with Crippen LogP contribution in [0.1, 0.15) is 36.0 Å². The molecule has 0 atom stereocenters. The van der Waals surface area contributed by atoms with Gasteiger partial charge < -0.3 is 16.8 Å². The molecule has 0 saturated heterocycles. The molecule has 1 aliphatic carbocycles. The van der Waals surface area contributed by atoms with Crippen LogP contribution in [-0.2, 0) is 0 Å². The molecule has 4 nitrogen and oxygen atoms in total. The molecule has 0 heterocycles. The van der Waals surface area contributed by atoms with Crippen LogP contribution in [0.5, 0.6) is 0 Å². The SMILES string of the molecule is Nc1ccc(C(=O)NCC2CCCC2)c(N)c1. The molecule has 1 amide bonds. The van der Waals surface area contributed by atoms with Crippen LogP contribution >= 0.6 is 0 Å². The van der Waals surface area contributed by atoms with Crippen LogP contribution in [0.3, 0.4) is 0 Å². The molecular weight excluding hydrogens is 214 g/mol. The molecule has 1 fully saturated rings. The van der Waals surface area contributed by atoms with Gasteiger partial charge in [0, 0.05) is 17.9 Å². The Morgan fingerprint density at radius 3 is 2.65 bits per heavy atom. The first-order valence-corrected chi connectivity index (χ1v) is 6.10. The second-order valence-corrected chi connectivity index (χ2v) is 4.71. The summed E-state index contributed by atoms with van der Waals surface area (Å²) >= 11 is 0. The molecule has 5 N–H and O–H groups in total. The lowest BCUT2D eigenvalue weighted by Gasteiger charge is -2.11. The Morgan fingerprint density at radius 1 is 1.29 bits per heavy atom. The molecule has 1 aromatic rings. The number of nitrogens with two attached hydrogens (primary N) is 2. The van der Waals surface area contributed by atoms with Gasteiger partial charge in [-0.2, -0.15) is 0 Å². The predicted molar refractivity (Wildman–Crippen MR) is 69.6 cm³/mol. The fraction of sp³-hybridized carbons (Fsp3) is 0.462. The lowest BCUT2D eigenvalue weighted by Crippen LogP contribution is -2.28. The maximum Gasteiger partial charge on any atom is 0.253 e. The van der Waals surface area contributed by atoms with Crippen molar-refractivity contribution in [1.82, 2.24) is 5.32 Å². The van der Waals surface area contributed by atoms with Gasteiger partial charge in [-0.3, -0.25) is 4.79 Å². The van der Waals surface area contributed by atoms with Gasteiger partial charge in [-0.05, 0) is 37.0 Å². The molecule has 0 aliphatic heterocycles. The number of amides is 1. The van der Waals surface area contributed by atoms with Crippen LogP contribution in [0.15, 0.2) is 18.2 Å². The van der Waals surface area contributed by atoms with Crippen LogP contribution in [0.2, 0.25) is 0 Å². The summed E-state index contributed by atoms with van der Waals surface area (Å²) in [5, 5.41) is 2.94. The highest BCUT2D eigenvalue weighted by Gasteiger charge is 2.16. The fourth-order valence-corrected chi connectivity index (χ4v) is 2.33. The Balaban J connectivity index is 1.94. The molecule has 1 aromatic carbocycles. The summed E-state index contributed by atoms with van der Waals surface area (Å²) in [6.07, 6.45) is 5.00. The third-order valence-electron chi connectivity index (χ3n) is 3.35. The van der Waals surface area contributed by atoms with Gasteiger partial charge in [0.1, 0.15) is 0 Å². The number of hydrogen-bond donors (Lipinski definition) is 3. The van der Waals surface area contributed by atoms with E-state index in [1.165, 1.54) is 25.7 Å². The van der Waals surface area contributed by atoms with Crippen molar-refractivity contribution in [2.45, 2.75) is 25.7 Å². The summed E-state index contributed by atoms with van der Waals surface area (Å²) in [6.45, 7) is 0.753. The summed E-state index contributed by atoms with van der Waals surface area (Å²) in [6, 6.07) is 4.99. The molecule has 1 saturated carbocycles. The van der Waals surface area contributed by atoms with Crippen molar-refractivity contribution in [1.29, 1.82) is 0 Å². The number of carbonyl (C=O) groups excluding carboxylic acids is 1. The number of carbonyl (C=O) groups is 1. The largest absolute Gasteiger partial charge is 0.399 e. The first kappa shape index (κ1) is 11.8. The average molecular weight is 233 g/mol. The van der Waals surface area contributed by atoms with Crippen molar-refractivity contribution in [2.24, 2.45) is 5.92 Å². The van der Waals surface area contributed by atoms with Crippen LogP contribution < -0.4 is 16.8 Å². The van der Waals surface area contributed by atoms with E-state index >= 15 is 0 Å². The van der Waals surface area contributed by atoms with Gasteiger partial charge in [-0.25, -0.2) is 0 Å². The highest BCUT2D eigenvalue weighted by Crippen LogP contribution is 2.24. The van der Waals surface area contributed by atoms with Crippen LogP contribution in [0, 0.1) is 5.92 Å². The third kappa shape index (κ3) is 2.90. The molecule has 0 radical (unpaired) electrons. The van der Waals surface area contributed by atoms with Crippen LogP contribution in [0.4, 0.5) is 11.4 Å². The van der Waals surface area contributed by atoms with Gasteiger partial charge in [0.15, 0.2) is 0 Å². The number of nitrogens with one attached hydrogen (secondary N) is 1. The van der Waals surface area contributed by atoms with Gasteiger partial charge in [-0.15, -0.1) is 0 Å². The zero-order valence-electron chi connectivity index (χ0n) is 9.91. The van der Waals surface area contributed by atoms with E-state index in [9.17, 15) is 4.79 Å². The minimum atomic E-state index is -0.102. The van der Waals surface area contributed by atoms with E-state index in [4.69, 9.17) is 11.5 Å². The summed E-state index contributed by atoms with van der Waals surface area (Å²) in [4.78, 5) is 11.9. The van der Waals surface area contributed by atoms with E-state index in [0.717, 1.165) is 6.54 Å². The lowest BCUT2D eigenvalue weighted by atomic mass is 10.1. The number of rotatable bonds is 3. The predicted octanol–water partition coefficient (Wildman–Crippen LogP) is 1.77. The van der Waals surface area contributed by atoms with Gasteiger partial charge in [0.25, 0.3) is 5.91 Å². The maximum absolute atomic E-state index is 11.9. The highest BCUT2D eigenvalue weighted by atomic mass is 16.1. The number of hydrogen-bond acceptors (Lipinski definition) is 3.